The van der Waals surface area contributed by atoms with Gasteiger partial charge in [-0.3, -0.25) is 0 Å². The second-order valence-corrected chi connectivity index (χ2v) is 5.12. The zero-order chi connectivity index (χ0) is 12.3. The number of fused-ring (bicyclic) bond motifs is 1. The standard InChI is InChI=1S/C10H7N3O2S2/c1-2-15-9(14)6(5-11)10-16-7-8(17-10)13-4-3-12-7/h3-4H,2H2,1H3. The molecule has 0 saturated heterocycles. The first-order chi connectivity index (χ1) is 8.26. The Morgan fingerprint density at radius 2 is 2.00 bits per heavy atom. The van der Waals surface area contributed by atoms with Crippen molar-refractivity contribution in [2.45, 2.75) is 17.0 Å². The Morgan fingerprint density at radius 3 is 2.47 bits per heavy atom. The summed E-state index contributed by atoms with van der Waals surface area (Å²) in [6.07, 6.45) is 3.15. The summed E-state index contributed by atoms with van der Waals surface area (Å²) in [6, 6.07) is 1.87. The van der Waals surface area contributed by atoms with Crippen molar-refractivity contribution in [3.8, 4) is 6.07 Å². The highest BCUT2D eigenvalue weighted by molar-refractivity contribution is 8.24. The summed E-state index contributed by atoms with van der Waals surface area (Å²) in [4.78, 5) is 19.8. The van der Waals surface area contributed by atoms with E-state index in [-0.39, 0.29) is 12.2 Å². The maximum Gasteiger partial charge on any atom is 0.350 e. The lowest BCUT2D eigenvalue weighted by Gasteiger charge is -2.01. The number of aromatic nitrogens is 2. The van der Waals surface area contributed by atoms with E-state index in [1.165, 1.54) is 23.5 Å². The molecular formula is C10H7N3O2S2. The SMILES string of the molecule is CCOC(=O)C(C#N)=C1Sc2nccnc2S1. The lowest BCUT2D eigenvalue weighted by Crippen LogP contribution is -2.07. The third kappa shape index (κ3) is 2.43. The molecule has 17 heavy (non-hydrogen) atoms. The Balaban J connectivity index is 2.30. The number of nitrogens with zero attached hydrogens (tertiary/aromatic N) is 3. The van der Waals surface area contributed by atoms with Crippen LogP contribution < -0.4 is 0 Å². The van der Waals surface area contributed by atoms with Gasteiger partial charge in [-0.25, -0.2) is 14.8 Å². The molecule has 86 valence electrons. The average molecular weight is 265 g/mol. The fourth-order valence-corrected chi connectivity index (χ4v) is 3.34. The van der Waals surface area contributed by atoms with Gasteiger partial charge in [-0.2, -0.15) is 5.26 Å². The van der Waals surface area contributed by atoms with Gasteiger partial charge in [-0.05, 0) is 6.92 Å². The summed E-state index contributed by atoms with van der Waals surface area (Å²) in [5.74, 6) is -0.599. The van der Waals surface area contributed by atoms with Crippen molar-refractivity contribution in [2.24, 2.45) is 0 Å². The van der Waals surface area contributed by atoms with Crippen LogP contribution in [0.1, 0.15) is 6.92 Å². The molecule has 2 rings (SSSR count). The summed E-state index contributed by atoms with van der Waals surface area (Å²) in [6.45, 7) is 1.94. The molecule has 0 radical (unpaired) electrons. The Bertz CT molecular complexity index is 510. The lowest BCUT2D eigenvalue weighted by atomic mass is 10.3. The zero-order valence-electron chi connectivity index (χ0n) is 8.84. The monoisotopic (exact) mass is 265 g/mol. The average Bonchev–Trinajstić information content (AvgIpc) is 2.73. The van der Waals surface area contributed by atoms with E-state index in [2.05, 4.69) is 9.97 Å². The van der Waals surface area contributed by atoms with E-state index in [9.17, 15) is 4.79 Å². The summed E-state index contributed by atoms with van der Waals surface area (Å²) in [7, 11) is 0. The number of thioether (sulfide) groups is 2. The van der Waals surface area contributed by atoms with E-state index in [4.69, 9.17) is 10.00 Å². The highest BCUT2D eigenvalue weighted by Crippen LogP contribution is 2.49. The molecule has 0 amide bonds. The minimum Gasteiger partial charge on any atom is -0.462 e. The van der Waals surface area contributed by atoms with Crippen LogP contribution in [-0.2, 0) is 9.53 Å². The van der Waals surface area contributed by atoms with Crippen molar-refractivity contribution in [1.82, 2.24) is 9.97 Å². The maximum absolute atomic E-state index is 11.5. The van der Waals surface area contributed by atoms with Gasteiger partial charge >= 0.3 is 5.97 Å². The number of nitriles is 1. The van der Waals surface area contributed by atoms with E-state index in [1.807, 2.05) is 6.07 Å². The molecule has 1 aliphatic heterocycles. The van der Waals surface area contributed by atoms with E-state index >= 15 is 0 Å². The highest BCUT2D eigenvalue weighted by Gasteiger charge is 2.27. The smallest absolute Gasteiger partial charge is 0.350 e. The second kappa shape index (κ2) is 5.21. The molecular weight excluding hydrogens is 258 g/mol. The molecule has 0 N–H and O–H groups in total. The van der Waals surface area contributed by atoms with Crippen LogP contribution >= 0.6 is 23.5 Å². The van der Waals surface area contributed by atoms with Crippen molar-refractivity contribution in [3.05, 3.63) is 22.2 Å². The van der Waals surface area contributed by atoms with Crippen molar-refractivity contribution < 1.29 is 9.53 Å². The molecule has 1 aromatic rings. The molecule has 0 saturated carbocycles. The van der Waals surface area contributed by atoms with E-state index < -0.39 is 5.97 Å². The Labute approximate surface area is 106 Å². The molecule has 1 aromatic heterocycles. The van der Waals surface area contributed by atoms with Gasteiger partial charge in [0.15, 0.2) is 5.57 Å². The van der Waals surface area contributed by atoms with Crippen LogP contribution in [0.3, 0.4) is 0 Å². The maximum atomic E-state index is 11.5. The van der Waals surface area contributed by atoms with Crippen LogP contribution in [0.15, 0.2) is 32.3 Å². The first-order valence-electron chi connectivity index (χ1n) is 4.74. The van der Waals surface area contributed by atoms with E-state index in [1.54, 1.807) is 19.3 Å². The van der Waals surface area contributed by atoms with Gasteiger partial charge in [0, 0.05) is 12.4 Å². The first-order valence-corrected chi connectivity index (χ1v) is 6.37. The van der Waals surface area contributed by atoms with Crippen molar-refractivity contribution in [2.75, 3.05) is 6.61 Å². The molecule has 0 unspecified atom stereocenters. The fraction of sp³-hybridized carbons (Fsp3) is 0.200. The minimum atomic E-state index is -0.599. The molecule has 2 heterocycles. The Morgan fingerprint density at radius 1 is 1.41 bits per heavy atom. The van der Waals surface area contributed by atoms with Crippen LogP contribution in [0.5, 0.6) is 0 Å². The normalized spacial score (nSPS) is 12.8. The lowest BCUT2D eigenvalue weighted by molar-refractivity contribution is -0.138. The van der Waals surface area contributed by atoms with Gasteiger partial charge < -0.3 is 4.74 Å². The molecule has 1 aliphatic rings. The third-order valence-corrected chi connectivity index (χ3v) is 4.20. The zero-order valence-corrected chi connectivity index (χ0v) is 10.5. The van der Waals surface area contributed by atoms with Gasteiger partial charge in [0.2, 0.25) is 0 Å². The molecule has 0 spiro atoms. The minimum absolute atomic E-state index is 0.0154. The quantitative estimate of drug-likeness (QED) is 0.459. The van der Waals surface area contributed by atoms with Crippen molar-refractivity contribution >= 4 is 29.5 Å². The number of hydrogen-bond donors (Lipinski definition) is 0. The third-order valence-electron chi connectivity index (χ3n) is 1.81. The predicted octanol–water partition coefficient (Wildman–Crippen LogP) is 1.97. The first kappa shape index (κ1) is 12.0. The molecule has 0 atom stereocenters. The summed E-state index contributed by atoms with van der Waals surface area (Å²) < 4.78 is 5.40. The van der Waals surface area contributed by atoms with Crippen molar-refractivity contribution in [3.63, 3.8) is 0 Å². The second-order valence-electron chi connectivity index (χ2n) is 2.87. The number of carbonyl (C=O) groups is 1. The number of ether oxygens (including phenoxy) is 1. The fourth-order valence-electron chi connectivity index (χ4n) is 1.13. The Kier molecular flexibility index (Phi) is 3.66. The van der Waals surface area contributed by atoms with Crippen LogP contribution in [-0.4, -0.2) is 22.5 Å². The van der Waals surface area contributed by atoms with Gasteiger partial charge in [0.05, 0.1) is 10.8 Å². The van der Waals surface area contributed by atoms with Gasteiger partial charge in [-0.15, -0.1) is 0 Å². The van der Waals surface area contributed by atoms with E-state index in [0.717, 1.165) is 0 Å². The number of rotatable bonds is 2. The molecule has 0 bridgehead atoms. The Hall–Kier alpha value is -1.52. The molecule has 0 aliphatic carbocycles. The number of esters is 1. The summed E-state index contributed by atoms with van der Waals surface area (Å²) in [5.41, 5.74) is 0.0154. The predicted molar refractivity (Wildman–Crippen MR) is 63.0 cm³/mol. The topological polar surface area (TPSA) is 75.9 Å². The van der Waals surface area contributed by atoms with Gasteiger partial charge in [0.25, 0.3) is 0 Å². The van der Waals surface area contributed by atoms with Crippen LogP contribution in [0.4, 0.5) is 0 Å². The number of hydrogen-bond acceptors (Lipinski definition) is 7. The molecule has 7 heteroatoms. The highest BCUT2D eigenvalue weighted by atomic mass is 32.2. The largest absolute Gasteiger partial charge is 0.462 e. The van der Waals surface area contributed by atoms with Crippen LogP contribution in [0, 0.1) is 11.3 Å². The molecule has 0 fully saturated rings. The van der Waals surface area contributed by atoms with E-state index in [0.29, 0.717) is 14.3 Å². The van der Waals surface area contributed by atoms with Crippen LogP contribution in [0.25, 0.3) is 0 Å². The number of carbonyl (C=O) groups excluding carboxylic acids is 1. The summed E-state index contributed by atoms with van der Waals surface area (Å²) in [5, 5.41) is 10.4. The van der Waals surface area contributed by atoms with Crippen molar-refractivity contribution in [1.29, 1.82) is 5.26 Å². The van der Waals surface area contributed by atoms with Gasteiger partial charge in [-0.1, -0.05) is 23.5 Å². The summed E-state index contributed by atoms with van der Waals surface area (Å²) >= 11 is 2.54. The molecule has 5 nitrogen and oxygen atoms in total. The molecule has 0 aromatic carbocycles. The van der Waals surface area contributed by atoms with Crippen LogP contribution in [0.2, 0.25) is 0 Å². The van der Waals surface area contributed by atoms with Gasteiger partial charge in [0.1, 0.15) is 16.1 Å².